The topological polar surface area (TPSA) is 62.3 Å². The van der Waals surface area contributed by atoms with Gasteiger partial charge in [-0.2, -0.15) is 26.3 Å². The summed E-state index contributed by atoms with van der Waals surface area (Å²) >= 11 is 0.213. The molecule has 5 nitrogen and oxygen atoms in total. The van der Waals surface area contributed by atoms with Crippen molar-refractivity contribution in [2.75, 3.05) is 18.9 Å². The Hall–Kier alpha value is -2.63. The maximum Gasteiger partial charge on any atom is 0.427 e. The largest absolute Gasteiger partial charge is 0.427 e. The Morgan fingerprint density at radius 2 is 1.76 bits per heavy atom. The van der Waals surface area contributed by atoms with Crippen molar-refractivity contribution in [3.8, 4) is 0 Å². The molecule has 0 radical (unpaired) electrons. The first-order valence-electron chi connectivity index (χ1n) is 8.14. The SMILES string of the molecule is CN1C[C@@H](c2ccc(C(F)(F)F)cc2)[C@H](C(=O)Nc2ncc(C(F)(F)F)s2)C1=O. The zero-order valence-electron chi connectivity index (χ0n) is 14.6. The van der Waals surface area contributed by atoms with Crippen molar-refractivity contribution in [2.24, 2.45) is 5.92 Å². The lowest BCUT2D eigenvalue weighted by Gasteiger charge is -2.17. The second-order valence-electron chi connectivity index (χ2n) is 6.44. The number of likely N-dealkylation sites (tertiary alicyclic amines) is 1. The Kier molecular flexibility index (Phi) is 5.32. The molecular weight excluding hydrogens is 424 g/mol. The number of anilines is 1. The fourth-order valence-electron chi connectivity index (χ4n) is 3.06. The number of hydrogen-bond acceptors (Lipinski definition) is 4. The number of aromatic nitrogens is 1. The van der Waals surface area contributed by atoms with E-state index in [0.717, 1.165) is 12.1 Å². The number of carbonyl (C=O) groups excluding carboxylic acids is 2. The van der Waals surface area contributed by atoms with Crippen molar-refractivity contribution < 1.29 is 35.9 Å². The van der Waals surface area contributed by atoms with Crippen LogP contribution in [0.4, 0.5) is 31.5 Å². The first-order chi connectivity index (χ1) is 13.4. The molecule has 2 atom stereocenters. The van der Waals surface area contributed by atoms with Crippen LogP contribution in [0.5, 0.6) is 0 Å². The van der Waals surface area contributed by atoms with Crippen LogP contribution in [0, 0.1) is 5.92 Å². The lowest BCUT2D eigenvalue weighted by atomic mass is 9.87. The minimum absolute atomic E-state index is 0.0773. The summed E-state index contributed by atoms with van der Waals surface area (Å²) < 4.78 is 76.2. The third-order valence-corrected chi connectivity index (χ3v) is 5.44. The third-order valence-electron chi connectivity index (χ3n) is 4.48. The van der Waals surface area contributed by atoms with Gasteiger partial charge in [0.05, 0.1) is 11.8 Å². The van der Waals surface area contributed by atoms with E-state index in [0.29, 0.717) is 11.8 Å². The van der Waals surface area contributed by atoms with Crippen molar-refractivity contribution in [1.29, 1.82) is 0 Å². The molecule has 1 N–H and O–H groups in total. The normalized spacial score (nSPS) is 20.2. The van der Waals surface area contributed by atoms with Crippen LogP contribution in [0.25, 0.3) is 0 Å². The maximum absolute atomic E-state index is 12.7. The number of rotatable bonds is 3. The number of nitrogens with zero attached hydrogens (tertiary/aromatic N) is 2. The maximum atomic E-state index is 12.7. The van der Waals surface area contributed by atoms with Gasteiger partial charge in [0.15, 0.2) is 5.13 Å². The van der Waals surface area contributed by atoms with Crippen LogP contribution in [0.3, 0.4) is 0 Å². The van der Waals surface area contributed by atoms with Gasteiger partial charge in [-0.05, 0) is 17.7 Å². The highest BCUT2D eigenvalue weighted by molar-refractivity contribution is 7.15. The monoisotopic (exact) mass is 437 g/mol. The molecule has 1 aromatic carbocycles. The molecule has 3 rings (SSSR count). The second-order valence-corrected chi connectivity index (χ2v) is 7.47. The summed E-state index contributed by atoms with van der Waals surface area (Å²) in [6.07, 6.45) is -8.58. The number of benzene rings is 1. The van der Waals surface area contributed by atoms with E-state index in [9.17, 15) is 35.9 Å². The summed E-state index contributed by atoms with van der Waals surface area (Å²) in [6.45, 7) is 0.0773. The quantitative estimate of drug-likeness (QED) is 0.584. The van der Waals surface area contributed by atoms with E-state index in [-0.39, 0.29) is 23.0 Å². The zero-order chi connectivity index (χ0) is 21.6. The van der Waals surface area contributed by atoms with Gasteiger partial charge in [-0.1, -0.05) is 23.5 Å². The lowest BCUT2D eigenvalue weighted by Crippen LogP contribution is -2.32. The van der Waals surface area contributed by atoms with Crippen molar-refractivity contribution in [2.45, 2.75) is 18.3 Å². The number of thiazole rings is 1. The summed E-state index contributed by atoms with van der Waals surface area (Å²) in [5, 5.41) is 1.88. The Labute approximate surface area is 164 Å². The number of likely N-dealkylation sites (N-methyl/N-ethyl adjacent to an activating group) is 1. The highest BCUT2D eigenvalue weighted by Crippen LogP contribution is 2.38. The number of carbonyl (C=O) groups is 2. The molecular formula is C17H13F6N3O2S. The van der Waals surface area contributed by atoms with Crippen molar-refractivity contribution >= 4 is 28.3 Å². The molecule has 12 heteroatoms. The molecule has 156 valence electrons. The molecule has 0 bridgehead atoms. The van der Waals surface area contributed by atoms with E-state index < -0.39 is 46.4 Å². The molecule has 0 aliphatic carbocycles. The molecule has 1 fully saturated rings. The highest BCUT2D eigenvalue weighted by Gasteiger charge is 2.45. The van der Waals surface area contributed by atoms with E-state index in [1.807, 2.05) is 0 Å². The fraction of sp³-hybridized carbons (Fsp3) is 0.353. The number of hydrogen-bond donors (Lipinski definition) is 1. The van der Waals surface area contributed by atoms with Crippen molar-refractivity contribution in [3.05, 3.63) is 46.5 Å². The summed E-state index contributed by atoms with van der Waals surface area (Å²) in [5.41, 5.74) is -0.534. The number of alkyl halides is 6. The van der Waals surface area contributed by atoms with Crippen LogP contribution in [0.15, 0.2) is 30.5 Å². The van der Waals surface area contributed by atoms with Crippen molar-refractivity contribution in [1.82, 2.24) is 9.88 Å². The molecule has 0 spiro atoms. The van der Waals surface area contributed by atoms with Gasteiger partial charge in [0.2, 0.25) is 11.8 Å². The van der Waals surface area contributed by atoms with E-state index in [1.165, 1.54) is 24.1 Å². The summed E-state index contributed by atoms with van der Waals surface area (Å²) in [6, 6.07) is 4.07. The molecule has 1 aliphatic heterocycles. The van der Waals surface area contributed by atoms with Crippen molar-refractivity contribution in [3.63, 3.8) is 0 Å². The highest BCUT2D eigenvalue weighted by atomic mass is 32.1. The number of halogens is 6. The lowest BCUT2D eigenvalue weighted by molar-refractivity contribution is -0.138. The van der Waals surface area contributed by atoms with Crippen LogP contribution >= 0.6 is 11.3 Å². The van der Waals surface area contributed by atoms with Gasteiger partial charge >= 0.3 is 12.4 Å². The van der Waals surface area contributed by atoms with Crippen LogP contribution in [-0.4, -0.2) is 35.3 Å². The second kappa shape index (κ2) is 7.32. The molecule has 1 aromatic heterocycles. The van der Waals surface area contributed by atoms with Gasteiger partial charge in [-0.25, -0.2) is 4.98 Å². The molecule has 0 saturated carbocycles. The average Bonchev–Trinajstić information content (AvgIpc) is 3.19. The van der Waals surface area contributed by atoms with Gasteiger partial charge in [0, 0.05) is 19.5 Å². The summed E-state index contributed by atoms with van der Waals surface area (Å²) in [4.78, 5) is 28.7. The van der Waals surface area contributed by atoms with Gasteiger partial charge in [-0.15, -0.1) is 0 Å². The first kappa shape index (κ1) is 21.1. The molecule has 0 unspecified atom stereocenters. The summed E-state index contributed by atoms with van der Waals surface area (Å²) in [7, 11) is 1.43. The average molecular weight is 437 g/mol. The Balaban J connectivity index is 1.82. The molecule has 2 amide bonds. The van der Waals surface area contributed by atoms with E-state index in [1.54, 1.807) is 0 Å². The van der Waals surface area contributed by atoms with Gasteiger partial charge in [0.25, 0.3) is 0 Å². The zero-order valence-corrected chi connectivity index (χ0v) is 15.5. The Morgan fingerprint density at radius 3 is 2.28 bits per heavy atom. The van der Waals surface area contributed by atoms with Gasteiger partial charge < -0.3 is 10.2 Å². The predicted molar refractivity (Wildman–Crippen MR) is 91.1 cm³/mol. The van der Waals surface area contributed by atoms with Crippen LogP contribution in [0.1, 0.15) is 21.9 Å². The molecule has 29 heavy (non-hydrogen) atoms. The van der Waals surface area contributed by atoms with E-state index >= 15 is 0 Å². The molecule has 1 aliphatic rings. The minimum atomic E-state index is -4.62. The molecule has 2 heterocycles. The number of amides is 2. The smallest absolute Gasteiger partial charge is 0.344 e. The molecule has 2 aromatic rings. The molecule has 1 saturated heterocycles. The standard InChI is InChI=1S/C17H13F6N3O2S/c1-26-7-10(8-2-4-9(5-3-8)16(18,19)20)12(14(26)28)13(27)25-15-24-6-11(29-15)17(21,22)23/h2-6,10,12H,7H2,1H3,(H,24,25,27)/t10-,12+/m0/s1. The minimum Gasteiger partial charge on any atom is -0.344 e. The third kappa shape index (κ3) is 4.36. The number of nitrogens with one attached hydrogen (secondary N) is 1. The van der Waals surface area contributed by atoms with Crippen LogP contribution in [-0.2, 0) is 21.9 Å². The van der Waals surface area contributed by atoms with Crippen LogP contribution in [0.2, 0.25) is 0 Å². The van der Waals surface area contributed by atoms with Crippen LogP contribution < -0.4 is 5.32 Å². The summed E-state index contributed by atoms with van der Waals surface area (Å²) in [5.74, 6) is -3.50. The Morgan fingerprint density at radius 1 is 1.14 bits per heavy atom. The van der Waals surface area contributed by atoms with Gasteiger partial charge in [-0.3, -0.25) is 9.59 Å². The van der Waals surface area contributed by atoms with E-state index in [2.05, 4.69) is 10.3 Å². The van der Waals surface area contributed by atoms with Gasteiger partial charge in [0.1, 0.15) is 10.8 Å². The van der Waals surface area contributed by atoms with E-state index in [4.69, 9.17) is 0 Å². The Bertz CT molecular complexity index is 922. The fourth-order valence-corrected chi connectivity index (χ4v) is 3.74. The first-order valence-corrected chi connectivity index (χ1v) is 8.95. The predicted octanol–water partition coefficient (Wildman–Crippen LogP) is 3.99.